The van der Waals surface area contributed by atoms with Crippen LogP contribution >= 0.6 is 0 Å². The molecule has 1 N–H and O–H groups in total. The van der Waals surface area contributed by atoms with Gasteiger partial charge < -0.3 is 14.6 Å². The third-order valence-corrected chi connectivity index (χ3v) is 3.05. The second kappa shape index (κ2) is 6.76. The molecule has 0 saturated carbocycles. The molecule has 0 aliphatic carbocycles. The highest BCUT2D eigenvalue weighted by Gasteiger charge is 2.27. The van der Waals surface area contributed by atoms with Gasteiger partial charge in [-0.3, -0.25) is 0 Å². The van der Waals surface area contributed by atoms with Gasteiger partial charge in [-0.05, 0) is 30.7 Å². The van der Waals surface area contributed by atoms with Crippen LogP contribution in [0.25, 0.3) is 6.08 Å². The van der Waals surface area contributed by atoms with Gasteiger partial charge in [0, 0.05) is 0 Å². The molecule has 5 nitrogen and oxygen atoms in total. The number of ether oxygens (including phenoxy) is 2. The number of hydrogen-bond donors (Lipinski definition) is 1. The zero-order chi connectivity index (χ0) is 16.1. The van der Waals surface area contributed by atoms with E-state index < -0.39 is 5.97 Å². The van der Waals surface area contributed by atoms with Crippen molar-refractivity contribution in [2.75, 3.05) is 13.7 Å². The zero-order valence-corrected chi connectivity index (χ0v) is 12.5. The number of methoxy groups -OCH3 is 1. The fourth-order valence-corrected chi connectivity index (χ4v) is 2.04. The Balaban J connectivity index is 2.32. The number of carbonyl (C=O) groups is 1. The molecule has 0 amide bonds. The summed E-state index contributed by atoms with van der Waals surface area (Å²) < 4.78 is 10.1. The molecule has 1 aromatic rings. The summed E-state index contributed by atoms with van der Waals surface area (Å²) in [6, 6.07) is 7.31. The van der Waals surface area contributed by atoms with Gasteiger partial charge in [0.25, 0.3) is 0 Å². The topological polar surface area (TPSA) is 68.1 Å². The van der Waals surface area contributed by atoms with Gasteiger partial charge in [0.15, 0.2) is 5.76 Å². The van der Waals surface area contributed by atoms with Crippen molar-refractivity contribution in [1.29, 1.82) is 0 Å². The van der Waals surface area contributed by atoms with Crippen LogP contribution in [0.1, 0.15) is 12.5 Å². The van der Waals surface area contributed by atoms with E-state index in [1.165, 1.54) is 7.11 Å². The van der Waals surface area contributed by atoms with Crippen molar-refractivity contribution in [2.45, 2.75) is 6.92 Å². The summed E-state index contributed by atoms with van der Waals surface area (Å²) >= 11 is 0. The molecule has 5 heteroatoms. The highest BCUT2D eigenvalue weighted by molar-refractivity contribution is 6.21. The van der Waals surface area contributed by atoms with Crippen LogP contribution < -0.4 is 4.74 Å². The SMILES string of the molecule is C=CCOc1cccc(/C=C2/N=C(C)C(C(=O)OC)=C2O)c1. The van der Waals surface area contributed by atoms with E-state index >= 15 is 0 Å². The Morgan fingerprint density at radius 3 is 2.91 bits per heavy atom. The molecule has 1 aliphatic heterocycles. The fourth-order valence-electron chi connectivity index (χ4n) is 2.04. The Bertz CT molecular complexity index is 698. The molecule has 2 rings (SSSR count). The standard InChI is InChI=1S/C17H17NO4/c1-4-8-22-13-7-5-6-12(9-13)10-14-16(19)15(11(2)18-14)17(20)21-3/h4-7,9-10,19H,1,8H2,2-3H3/b14-10+. The molecule has 0 saturated heterocycles. The summed E-state index contributed by atoms with van der Waals surface area (Å²) in [4.78, 5) is 15.8. The summed E-state index contributed by atoms with van der Waals surface area (Å²) in [6.07, 6.45) is 3.34. The van der Waals surface area contributed by atoms with Gasteiger partial charge in [-0.2, -0.15) is 0 Å². The fraction of sp³-hybridized carbons (Fsp3) is 0.176. The highest BCUT2D eigenvalue weighted by atomic mass is 16.5. The third kappa shape index (κ3) is 3.25. The lowest BCUT2D eigenvalue weighted by Gasteiger charge is -2.04. The average molecular weight is 299 g/mol. The van der Waals surface area contributed by atoms with Crippen LogP contribution in [-0.4, -0.2) is 30.5 Å². The minimum Gasteiger partial charge on any atom is -0.505 e. The van der Waals surface area contributed by atoms with E-state index in [1.54, 1.807) is 19.1 Å². The smallest absolute Gasteiger partial charge is 0.343 e. The molecule has 0 unspecified atom stereocenters. The minimum absolute atomic E-state index is 0.0906. The van der Waals surface area contributed by atoms with E-state index in [0.717, 1.165) is 5.56 Å². The van der Waals surface area contributed by atoms with Crippen molar-refractivity contribution in [3.05, 3.63) is 59.5 Å². The maximum Gasteiger partial charge on any atom is 0.343 e. The quantitative estimate of drug-likeness (QED) is 0.670. The molecule has 22 heavy (non-hydrogen) atoms. The molecule has 0 radical (unpaired) electrons. The molecule has 0 fully saturated rings. The number of nitrogens with zero attached hydrogens (tertiary/aromatic N) is 1. The molecule has 0 atom stereocenters. The van der Waals surface area contributed by atoms with Crippen LogP contribution in [-0.2, 0) is 9.53 Å². The molecule has 1 aromatic carbocycles. The number of hydrogen-bond acceptors (Lipinski definition) is 5. The van der Waals surface area contributed by atoms with E-state index in [1.807, 2.05) is 24.3 Å². The van der Waals surface area contributed by atoms with Gasteiger partial charge in [-0.25, -0.2) is 9.79 Å². The van der Waals surface area contributed by atoms with Crippen LogP contribution in [0.3, 0.4) is 0 Å². The average Bonchev–Trinajstić information content (AvgIpc) is 2.79. The van der Waals surface area contributed by atoms with Crippen molar-refractivity contribution >= 4 is 17.8 Å². The van der Waals surface area contributed by atoms with Gasteiger partial charge in [-0.15, -0.1) is 0 Å². The number of esters is 1. The molecular weight excluding hydrogens is 282 g/mol. The Morgan fingerprint density at radius 1 is 1.45 bits per heavy atom. The van der Waals surface area contributed by atoms with Crippen molar-refractivity contribution in [3.63, 3.8) is 0 Å². The molecule has 1 heterocycles. The molecule has 0 spiro atoms. The van der Waals surface area contributed by atoms with Gasteiger partial charge in [0.05, 0.1) is 12.8 Å². The van der Waals surface area contributed by atoms with E-state index in [9.17, 15) is 9.90 Å². The van der Waals surface area contributed by atoms with Gasteiger partial charge >= 0.3 is 5.97 Å². The first-order chi connectivity index (χ1) is 10.6. The lowest BCUT2D eigenvalue weighted by Crippen LogP contribution is -2.11. The summed E-state index contributed by atoms with van der Waals surface area (Å²) in [6.45, 7) is 5.65. The summed E-state index contributed by atoms with van der Waals surface area (Å²) in [5.41, 5.74) is 1.63. The number of aliphatic imine (C=N–C) groups is 1. The predicted molar refractivity (Wildman–Crippen MR) is 84.9 cm³/mol. The van der Waals surface area contributed by atoms with Crippen LogP contribution in [0, 0.1) is 0 Å². The normalized spacial score (nSPS) is 15.7. The van der Waals surface area contributed by atoms with Gasteiger partial charge in [0.2, 0.25) is 0 Å². The largest absolute Gasteiger partial charge is 0.505 e. The predicted octanol–water partition coefficient (Wildman–Crippen LogP) is 3.05. The minimum atomic E-state index is -0.606. The van der Waals surface area contributed by atoms with Crippen molar-refractivity contribution < 1.29 is 19.4 Å². The van der Waals surface area contributed by atoms with Crippen molar-refractivity contribution in [3.8, 4) is 5.75 Å². The molecule has 0 aromatic heterocycles. The van der Waals surface area contributed by atoms with E-state index in [2.05, 4.69) is 16.3 Å². The molecular formula is C17H17NO4. The highest BCUT2D eigenvalue weighted by Crippen LogP contribution is 2.27. The number of carbonyl (C=O) groups excluding carboxylic acids is 1. The van der Waals surface area contributed by atoms with Crippen LogP contribution in [0.5, 0.6) is 5.75 Å². The maximum absolute atomic E-state index is 11.6. The summed E-state index contributed by atoms with van der Waals surface area (Å²) in [7, 11) is 1.26. The van der Waals surface area contributed by atoms with E-state index in [4.69, 9.17) is 4.74 Å². The Hall–Kier alpha value is -2.82. The second-order valence-corrected chi connectivity index (χ2v) is 4.61. The maximum atomic E-state index is 11.6. The number of rotatable bonds is 5. The number of benzene rings is 1. The summed E-state index contributed by atoms with van der Waals surface area (Å²) in [5, 5.41) is 10.1. The van der Waals surface area contributed by atoms with Gasteiger partial charge in [-0.1, -0.05) is 24.8 Å². The van der Waals surface area contributed by atoms with Crippen LogP contribution in [0.2, 0.25) is 0 Å². The third-order valence-electron chi connectivity index (χ3n) is 3.05. The lowest BCUT2D eigenvalue weighted by molar-refractivity contribution is -0.135. The van der Waals surface area contributed by atoms with E-state index in [0.29, 0.717) is 23.8 Å². The number of aliphatic hydroxyl groups is 1. The first-order valence-electron chi connectivity index (χ1n) is 6.70. The molecule has 114 valence electrons. The first kappa shape index (κ1) is 15.6. The van der Waals surface area contributed by atoms with Gasteiger partial charge in [0.1, 0.15) is 23.6 Å². The lowest BCUT2D eigenvalue weighted by atomic mass is 10.1. The summed E-state index contributed by atoms with van der Waals surface area (Å²) in [5.74, 6) is -0.100. The number of aliphatic hydroxyl groups excluding tert-OH is 1. The zero-order valence-electron chi connectivity index (χ0n) is 12.5. The van der Waals surface area contributed by atoms with Crippen molar-refractivity contribution in [2.24, 2.45) is 4.99 Å². The van der Waals surface area contributed by atoms with E-state index in [-0.39, 0.29) is 11.3 Å². The Morgan fingerprint density at radius 2 is 2.23 bits per heavy atom. The van der Waals surface area contributed by atoms with Crippen LogP contribution in [0.4, 0.5) is 0 Å². The van der Waals surface area contributed by atoms with Crippen LogP contribution in [0.15, 0.2) is 58.9 Å². The molecule has 1 aliphatic rings. The van der Waals surface area contributed by atoms with Crippen molar-refractivity contribution in [1.82, 2.24) is 0 Å². The first-order valence-corrected chi connectivity index (χ1v) is 6.70. The second-order valence-electron chi connectivity index (χ2n) is 4.61. The monoisotopic (exact) mass is 299 g/mol. The Labute approximate surface area is 128 Å². The molecule has 0 bridgehead atoms. The Kier molecular flexibility index (Phi) is 4.78.